The van der Waals surface area contributed by atoms with E-state index in [1.54, 1.807) is 18.7 Å². The van der Waals surface area contributed by atoms with Gasteiger partial charge in [0.25, 0.3) is 0 Å². The number of allylic oxidation sites excluding steroid dienone is 1. The first-order valence-electron chi connectivity index (χ1n) is 6.68. The van der Waals surface area contributed by atoms with Crippen LogP contribution < -0.4 is 0 Å². The van der Waals surface area contributed by atoms with E-state index in [2.05, 4.69) is 37.1 Å². The zero-order valence-corrected chi connectivity index (χ0v) is 12.8. The number of nitrogens with zero attached hydrogens (tertiary/aromatic N) is 1. The molecule has 0 radical (unpaired) electrons. The van der Waals surface area contributed by atoms with Gasteiger partial charge < -0.3 is 0 Å². The molecule has 1 unspecified atom stereocenters. The maximum absolute atomic E-state index is 10.9. The molecule has 0 aliphatic rings. The summed E-state index contributed by atoms with van der Waals surface area (Å²) in [5.74, 6) is 0.327. The van der Waals surface area contributed by atoms with E-state index < -0.39 is 6.04 Å². The fourth-order valence-corrected chi connectivity index (χ4v) is 2.62. The van der Waals surface area contributed by atoms with Crippen molar-refractivity contribution in [3.05, 3.63) is 64.1 Å². The highest BCUT2D eigenvalue weighted by Crippen LogP contribution is 2.21. The summed E-state index contributed by atoms with van der Waals surface area (Å²) in [5.41, 5.74) is 0.629. The van der Waals surface area contributed by atoms with Gasteiger partial charge in [-0.3, -0.25) is 10.1 Å². The van der Waals surface area contributed by atoms with Gasteiger partial charge in [-0.1, -0.05) is 49.5 Å². The van der Waals surface area contributed by atoms with Crippen molar-refractivity contribution >= 4 is 11.8 Å². The zero-order chi connectivity index (χ0) is 15.0. The summed E-state index contributed by atoms with van der Waals surface area (Å²) in [7, 11) is 0. The van der Waals surface area contributed by atoms with Crippen LogP contribution in [0, 0.1) is 16.0 Å². The maximum atomic E-state index is 10.9. The number of benzene rings is 1. The van der Waals surface area contributed by atoms with E-state index in [1.165, 1.54) is 4.90 Å². The van der Waals surface area contributed by atoms with Crippen LogP contribution in [-0.2, 0) is 0 Å². The van der Waals surface area contributed by atoms with Crippen molar-refractivity contribution in [2.24, 2.45) is 5.92 Å². The van der Waals surface area contributed by atoms with Crippen LogP contribution in [0.1, 0.15) is 26.7 Å². The molecule has 1 aromatic carbocycles. The summed E-state index contributed by atoms with van der Waals surface area (Å²) in [4.78, 5) is 11.8. The van der Waals surface area contributed by atoms with Crippen molar-refractivity contribution < 1.29 is 4.92 Å². The van der Waals surface area contributed by atoms with Gasteiger partial charge in [-0.2, -0.15) is 0 Å². The van der Waals surface area contributed by atoms with Crippen molar-refractivity contribution in [1.82, 2.24) is 0 Å². The van der Waals surface area contributed by atoms with E-state index in [-0.39, 0.29) is 4.92 Å². The number of hydrogen-bond donors (Lipinski definition) is 0. The van der Waals surface area contributed by atoms with E-state index in [0.29, 0.717) is 17.9 Å². The Morgan fingerprint density at radius 2 is 2.05 bits per heavy atom. The summed E-state index contributed by atoms with van der Waals surface area (Å²) >= 11 is 1.66. The lowest BCUT2D eigenvalue weighted by molar-refractivity contribution is -0.513. The Morgan fingerprint density at radius 1 is 1.40 bits per heavy atom. The third kappa shape index (κ3) is 6.06. The van der Waals surface area contributed by atoms with Gasteiger partial charge in [-0.15, -0.1) is 0 Å². The SMILES string of the molecule is C=C(C)C(CC[C@H](C)/C=C/Sc1ccccc1)[N+](=O)[O-]. The maximum Gasteiger partial charge on any atom is 0.233 e. The van der Waals surface area contributed by atoms with Gasteiger partial charge in [0.15, 0.2) is 0 Å². The summed E-state index contributed by atoms with van der Waals surface area (Å²) in [6.07, 6.45) is 3.45. The first-order chi connectivity index (χ1) is 9.50. The standard InChI is InChI=1S/C16H21NO2S/c1-13(2)16(17(18)19)10-9-14(3)11-12-20-15-7-5-4-6-8-15/h4-8,11-12,14,16H,1,9-10H2,2-3H3/b12-11+/t14-,16?/m0/s1. The third-order valence-corrected chi connectivity index (χ3v) is 3.91. The van der Waals surface area contributed by atoms with Crippen molar-refractivity contribution in [2.45, 2.75) is 37.6 Å². The Labute approximate surface area is 124 Å². The van der Waals surface area contributed by atoms with Gasteiger partial charge in [-0.25, -0.2) is 0 Å². The lowest BCUT2D eigenvalue weighted by Crippen LogP contribution is -2.20. The second kappa shape index (κ2) is 8.59. The van der Waals surface area contributed by atoms with E-state index in [1.807, 2.05) is 18.2 Å². The quantitative estimate of drug-likeness (QED) is 0.295. The molecule has 0 bridgehead atoms. The normalized spacial score (nSPS) is 14.1. The summed E-state index contributed by atoms with van der Waals surface area (Å²) in [6, 6.07) is 9.51. The first-order valence-corrected chi connectivity index (χ1v) is 7.56. The van der Waals surface area contributed by atoms with Gasteiger partial charge in [0.05, 0.1) is 0 Å². The van der Waals surface area contributed by atoms with Crippen LogP contribution >= 0.6 is 11.8 Å². The van der Waals surface area contributed by atoms with Crippen molar-refractivity contribution in [1.29, 1.82) is 0 Å². The summed E-state index contributed by atoms with van der Waals surface area (Å²) in [6.45, 7) is 7.49. The second-order valence-electron chi connectivity index (χ2n) is 4.96. The molecule has 0 saturated carbocycles. The van der Waals surface area contributed by atoms with Crippen LogP contribution in [0.4, 0.5) is 0 Å². The minimum Gasteiger partial charge on any atom is -0.264 e. The molecular formula is C16H21NO2S. The van der Waals surface area contributed by atoms with Crippen molar-refractivity contribution in [2.75, 3.05) is 0 Å². The van der Waals surface area contributed by atoms with Crippen LogP contribution in [0.15, 0.2) is 58.9 Å². The molecule has 0 saturated heterocycles. The molecule has 0 N–H and O–H groups in total. The van der Waals surface area contributed by atoms with Crippen molar-refractivity contribution in [3.8, 4) is 0 Å². The average molecular weight is 291 g/mol. The Morgan fingerprint density at radius 3 is 2.60 bits per heavy atom. The molecule has 0 aromatic heterocycles. The summed E-state index contributed by atoms with van der Waals surface area (Å²) < 4.78 is 0. The van der Waals surface area contributed by atoms with E-state index in [4.69, 9.17) is 0 Å². The van der Waals surface area contributed by atoms with E-state index in [0.717, 1.165) is 6.42 Å². The van der Waals surface area contributed by atoms with E-state index >= 15 is 0 Å². The first kappa shape index (κ1) is 16.5. The molecule has 1 rings (SSSR count). The molecule has 20 heavy (non-hydrogen) atoms. The van der Waals surface area contributed by atoms with Crippen LogP contribution in [0.3, 0.4) is 0 Å². The molecule has 108 valence electrons. The monoisotopic (exact) mass is 291 g/mol. The van der Waals surface area contributed by atoms with Crippen LogP contribution in [-0.4, -0.2) is 11.0 Å². The number of thioether (sulfide) groups is 1. The minimum absolute atomic E-state index is 0.239. The number of nitro groups is 1. The molecule has 0 aliphatic heterocycles. The number of rotatable bonds is 8. The van der Waals surface area contributed by atoms with Crippen LogP contribution in [0.25, 0.3) is 0 Å². The van der Waals surface area contributed by atoms with Gasteiger partial charge in [0, 0.05) is 16.2 Å². The molecule has 0 amide bonds. The Kier molecular flexibility index (Phi) is 7.09. The molecule has 0 fully saturated rings. The molecule has 3 nitrogen and oxygen atoms in total. The van der Waals surface area contributed by atoms with Crippen LogP contribution in [0.2, 0.25) is 0 Å². The Hall–Kier alpha value is -1.55. The average Bonchev–Trinajstić information content (AvgIpc) is 2.39. The summed E-state index contributed by atoms with van der Waals surface area (Å²) in [5, 5.41) is 12.9. The molecule has 4 heteroatoms. The number of hydrogen-bond acceptors (Lipinski definition) is 3. The predicted molar refractivity (Wildman–Crippen MR) is 85.4 cm³/mol. The topological polar surface area (TPSA) is 43.1 Å². The highest BCUT2D eigenvalue weighted by molar-refractivity contribution is 8.02. The minimum atomic E-state index is -0.618. The van der Waals surface area contributed by atoms with Crippen molar-refractivity contribution in [3.63, 3.8) is 0 Å². The second-order valence-corrected chi connectivity index (χ2v) is 5.94. The zero-order valence-electron chi connectivity index (χ0n) is 12.0. The molecular weight excluding hydrogens is 270 g/mol. The molecule has 0 spiro atoms. The van der Waals surface area contributed by atoms with E-state index in [9.17, 15) is 10.1 Å². The molecule has 1 aromatic rings. The predicted octanol–water partition coefficient (Wildman–Crippen LogP) is 4.93. The van der Waals surface area contributed by atoms with Gasteiger partial charge in [0.1, 0.15) is 0 Å². The largest absolute Gasteiger partial charge is 0.264 e. The van der Waals surface area contributed by atoms with Crippen LogP contribution in [0.5, 0.6) is 0 Å². The lowest BCUT2D eigenvalue weighted by atomic mass is 9.99. The smallest absolute Gasteiger partial charge is 0.233 e. The Balaban J connectivity index is 2.38. The Bertz CT molecular complexity index is 457. The third-order valence-electron chi connectivity index (χ3n) is 3.07. The van der Waals surface area contributed by atoms with Gasteiger partial charge >= 0.3 is 0 Å². The highest BCUT2D eigenvalue weighted by Gasteiger charge is 2.20. The van der Waals surface area contributed by atoms with Gasteiger partial charge in [0.2, 0.25) is 6.04 Å². The lowest BCUT2D eigenvalue weighted by Gasteiger charge is -2.11. The highest BCUT2D eigenvalue weighted by atomic mass is 32.2. The molecule has 0 aliphatic carbocycles. The molecule has 0 heterocycles. The fourth-order valence-electron chi connectivity index (χ4n) is 1.80. The van der Waals surface area contributed by atoms with Gasteiger partial charge in [-0.05, 0) is 42.4 Å². The molecule has 2 atom stereocenters. The fraction of sp³-hybridized carbons (Fsp3) is 0.375.